The van der Waals surface area contributed by atoms with E-state index in [1.807, 2.05) is 76.2 Å². The van der Waals surface area contributed by atoms with Gasteiger partial charge in [0, 0.05) is 12.8 Å². The van der Waals surface area contributed by atoms with Crippen molar-refractivity contribution in [3.63, 3.8) is 0 Å². The lowest BCUT2D eigenvalue weighted by atomic mass is 10.2. The smallest absolute Gasteiger partial charge is 0.343 e. The van der Waals surface area contributed by atoms with Gasteiger partial charge in [-0.1, -0.05) is 49.2 Å². The van der Waals surface area contributed by atoms with E-state index in [-0.39, 0.29) is 0 Å². The molecule has 0 N–H and O–H groups in total. The molecule has 0 aromatic heterocycles. The SMILES string of the molecule is CC.Cc1ccc(OCCCOc2ccc(C(=O)Oc3ccc(OC(=O)c4ccc(OCCCOc5ccc(C)cc5)cc4)c(C)c3)cc2)cc1. The van der Waals surface area contributed by atoms with Gasteiger partial charge in [0.15, 0.2) is 0 Å². The van der Waals surface area contributed by atoms with Crippen LogP contribution in [0.3, 0.4) is 0 Å². The van der Waals surface area contributed by atoms with E-state index < -0.39 is 11.9 Å². The summed E-state index contributed by atoms with van der Waals surface area (Å²) >= 11 is 0. The zero-order valence-corrected chi connectivity index (χ0v) is 30.0. The van der Waals surface area contributed by atoms with Crippen molar-refractivity contribution in [3.8, 4) is 34.5 Å². The van der Waals surface area contributed by atoms with Gasteiger partial charge in [0.2, 0.25) is 0 Å². The van der Waals surface area contributed by atoms with Crippen LogP contribution in [0.5, 0.6) is 34.5 Å². The summed E-state index contributed by atoms with van der Waals surface area (Å²) < 4.78 is 34.1. The number of rotatable bonds is 16. The van der Waals surface area contributed by atoms with Crippen molar-refractivity contribution in [1.82, 2.24) is 0 Å². The van der Waals surface area contributed by atoms with Crippen LogP contribution < -0.4 is 28.4 Å². The molecule has 0 aliphatic rings. The summed E-state index contributed by atoms with van der Waals surface area (Å²) in [6.45, 7) is 11.9. The number of ether oxygens (including phenoxy) is 6. The zero-order valence-electron chi connectivity index (χ0n) is 30.0. The van der Waals surface area contributed by atoms with E-state index in [4.69, 9.17) is 28.4 Å². The summed E-state index contributed by atoms with van der Waals surface area (Å²) in [5.41, 5.74) is 3.78. The van der Waals surface area contributed by atoms with Crippen LogP contribution in [0.1, 0.15) is 64.1 Å². The second-order valence-corrected chi connectivity index (χ2v) is 11.5. The molecule has 0 saturated heterocycles. The fraction of sp³-hybridized carbons (Fsp3) is 0.256. The van der Waals surface area contributed by atoms with Gasteiger partial charge in [0.25, 0.3) is 0 Å². The number of esters is 2. The van der Waals surface area contributed by atoms with E-state index >= 15 is 0 Å². The first-order valence-electron chi connectivity index (χ1n) is 17.2. The molecule has 0 spiro atoms. The summed E-state index contributed by atoms with van der Waals surface area (Å²) in [6, 6.07) is 34.2. The minimum atomic E-state index is -0.511. The first-order valence-corrected chi connectivity index (χ1v) is 17.2. The molecule has 8 nitrogen and oxygen atoms in total. The second-order valence-electron chi connectivity index (χ2n) is 11.5. The van der Waals surface area contributed by atoms with Crippen LogP contribution in [0.25, 0.3) is 0 Å². The first-order chi connectivity index (χ1) is 24.8. The molecular formula is C43H46O8. The number of aryl methyl sites for hydroxylation is 3. The van der Waals surface area contributed by atoms with Crippen molar-refractivity contribution in [1.29, 1.82) is 0 Å². The van der Waals surface area contributed by atoms with Crippen LogP contribution in [0.2, 0.25) is 0 Å². The fourth-order valence-electron chi connectivity index (χ4n) is 4.65. The third-order valence-electron chi connectivity index (χ3n) is 7.43. The monoisotopic (exact) mass is 690 g/mol. The molecule has 0 atom stereocenters. The first kappa shape index (κ1) is 38.0. The van der Waals surface area contributed by atoms with E-state index in [0.717, 1.165) is 24.3 Å². The average molecular weight is 691 g/mol. The maximum atomic E-state index is 12.8. The Morgan fingerprint density at radius 2 is 0.765 bits per heavy atom. The maximum Gasteiger partial charge on any atom is 0.343 e. The summed E-state index contributed by atoms with van der Waals surface area (Å²) in [5.74, 6) is 2.65. The lowest BCUT2D eigenvalue weighted by molar-refractivity contribution is 0.0718. The zero-order chi connectivity index (χ0) is 36.4. The summed E-state index contributed by atoms with van der Waals surface area (Å²) in [5, 5.41) is 0. The third kappa shape index (κ3) is 12.6. The van der Waals surface area contributed by atoms with E-state index in [1.54, 1.807) is 73.7 Å². The Labute approximate surface area is 300 Å². The van der Waals surface area contributed by atoms with Gasteiger partial charge in [-0.15, -0.1) is 0 Å². The highest BCUT2D eigenvalue weighted by Crippen LogP contribution is 2.26. The Bertz CT molecular complexity index is 1800. The Morgan fingerprint density at radius 3 is 1.14 bits per heavy atom. The number of carbonyl (C=O) groups excluding carboxylic acids is 2. The van der Waals surface area contributed by atoms with Crippen molar-refractivity contribution in [2.24, 2.45) is 0 Å². The van der Waals surface area contributed by atoms with Gasteiger partial charge in [-0.3, -0.25) is 0 Å². The van der Waals surface area contributed by atoms with Crippen LogP contribution in [0, 0.1) is 20.8 Å². The van der Waals surface area contributed by atoms with Gasteiger partial charge in [-0.2, -0.15) is 0 Å². The van der Waals surface area contributed by atoms with Crippen molar-refractivity contribution < 1.29 is 38.0 Å². The van der Waals surface area contributed by atoms with E-state index in [2.05, 4.69) is 0 Å². The quantitative estimate of drug-likeness (QED) is 0.0575. The summed E-state index contributed by atoms with van der Waals surface area (Å²) in [6.07, 6.45) is 1.44. The Kier molecular flexibility index (Phi) is 15.0. The molecule has 0 aliphatic heterocycles. The van der Waals surface area contributed by atoms with Crippen LogP contribution in [0.15, 0.2) is 115 Å². The van der Waals surface area contributed by atoms with Gasteiger partial charge >= 0.3 is 11.9 Å². The number of benzene rings is 5. The Balaban J connectivity index is 0.00000286. The minimum absolute atomic E-state index is 0.335. The maximum absolute atomic E-state index is 12.8. The lowest BCUT2D eigenvalue weighted by Crippen LogP contribution is -2.11. The van der Waals surface area contributed by atoms with Gasteiger partial charge in [-0.25, -0.2) is 9.59 Å². The fourth-order valence-corrected chi connectivity index (χ4v) is 4.65. The summed E-state index contributed by atoms with van der Waals surface area (Å²) in [7, 11) is 0. The largest absolute Gasteiger partial charge is 0.493 e. The standard InChI is InChI=1S/C41H40O8.C2H6/c1-29-6-14-34(15-7-29)44-24-4-26-46-36-18-10-32(11-19-36)40(42)48-38-22-23-39(31(3)28-38)49-41(43)33-12-20-37(21-13-33)47-27-5-25-45-35-16-8-30(2)9-17-35;1-2/h6-23,28H,4-5,24-27H2,1-3H3;1-2H3. The van der Waals surface area contributed by atoms with Gasteiger partial charge in [0.1, 0.15) is 34.5 Å². The normalized spacial score (nSPS) is 10.3. The molecular weight excluding hydrogens is 644 g/mol. The highest BCUT2D eigenvalue weighted by molar-refractivity contribution is 5.92. The second kappa shape index (κ2) is 20.0. The van der Waals surface area contributed by atoms with E-state index in [9.17, 15) is 9.59 Å². The molecule has 0 bridgehead atoms. The van der Waals surface area contributed by atoms with Gasteiger partial charge in [-0.05, 0) is 117 Å². The molecule has 0 radical (unpaired) electrons. The van der Waals surface area contributed by atoms with Crippen molar-refractivity contribution >= 4 is 11.9 Å². The molecule has 0 saturated carbocycles. The molecule has 266 valence electrons. The Hall–Kier alpha value is -5.76. The van der Waals surface area contributed by atoms with Crippen molar-refractivity contribution in [2.45, 2.75) is 47.5 Å². The number of hydrogen-bond donors (Lipinski definition) is 0. The molecule has 5 aromatic carbocycles. The van der Waals surface area contributed by atoms with Crippen molar-refractivity contribution in [3.05, 3.63) is 143 Å². The number of carbonyl (C=O) groups is 2. The Morgan fingerprint density at radius 1 is 0.431 bits per heavy atom. The molecule has 0 amide bonds. The van der Waals surface area contributed by atoms with Crippen molar-refractivity contribution in [2.75, 3.05) is 26.4 Å². The highest BCUT2D eigenvalue weighted by Gasteiger charge is 2.14. The molecule has 8 heteroatoms. The number of hydrogen-bond acceptors (Lipinski definition) is 8. The van der Waals surface area contributed by atoms with Crippen LogP contribution in [-0.4, -0.2) is 38.4 Å². The molecule has 0 unspecified atom stereocenters. The van der Waals surface area contributed by atoms with Crippen LogP contribution in [0.4, 0.5) is 0 Å². The highest BCUT2D eigenvalue weighted by atomic mass is 16.5. The molecule has 51 heavy (non-hydrogen) atoms. The molecule has 0 aliphatic carbocycles. The molecule has 5 rings (SSSR count). The average Bonchev–Trinajstić information content (AvgIpc) is 3.15. The summed E-state index contributed by atoms with van der Waals surface area (Å²) in [4.78, 5) is 25.5. The molecule has 5 aromatic rings. The van der Waals surface area contributed by atoms with E-state index in [0.29, 0.717) is 66.1 Å². The van der Waals surface area contributed by atoms with Crippen LogP contribution >= 0.6 is 0 Å². The predicted octanol–water partition coefficient (Wildman–Crippen LogP) is 9.77. The third-order valence-corrected chi connectivity index (χ3v) is 7.43. The molecule has 0 fully saturated rings. The van der Waals surface area contributed by atoms with E-state index in [1.165, 1.54) is 11.1 Å². The van der Waals surface area contributed by atoms with Gasteiger partial charge < -0.3 is 28.4 Å². The predicted molar refractivity (Wildman–Crippen MR) is 199 cm³/mol. The lowest BCUT2D eigenvalue weighted by Gasteiger charge is -2.11. The van der Waals surface area contributed by atoms with Crippen LogP contribution in [-0.2, 0) is 0 Å². The van der Waals surface area contributed by atoms with Gasteiger partial charge in [0.05, 0.1) is 37.6 Å². The molecule has 0 heterocycles. The minimum Gasteiger partial charge on any atom is -0.493 e. The topological polar surface area (TPSA) is 89.5 Å².